The number of amides is 1. The second-order valence-electron chi connectivity index (χ2n) is 5.96. The largest absolute Gasteiger partial charge is 0.339 e. The van der Waals surface area contributed by atoms with Crippen LogP contribution in [0.3, 0.4) is 0 Å². The molecule has 0 bridgehead atoms. The molecule has 1 N–H and O–H groups in total. The van der Waals surface area contributed by atoms with Crippen molar-refractivity contribution in [2.75, 3.05) is 44.2 Å². The Morgan fingerprint density at radius 1 is 1.29 bits per heavy atom. The van der Waals surface area contributed by atoms with E-state index < -0.39 is 17.7 Å². The van der Waals surface area contributed by atoms with Gasteiger partial charge in [0.05, 0.1) is 18.0 Å². The van der Waals surface area contributed by atoms with Crippen LogP contribution in [0, 0.1) is 17.2 Å². The molecule has 0 saturated carbocycles. The van der Waals surface area contributed by atoms with Crippen LogP contribution < -0.4 is 10.2 Å². The van der Waals surface area contributed by atoms with E-state index >= 15 is 0 Å². The van der Waals surface area contributed by atoms with Crippen LogP contribution in [0.25, 0.3) is 0 Å². The highest BCUT2D eigenvalue weighted by molar-refractivity contribution is 5.80. The molecule has 2 aliphatic heterocycles. The molecule has 0 radical (unpaired) electrons. The van der Waals surface area contributed by atoms with Crippen molar-refractivity contribution in [1.82, 2.24) is 20.2 Å². The fraction of sp³-hybridized carbons (Fsp3) is 0.600. The summed E-state index contributed by atoms with van der Waals surface area (Å²) >= 11 is 0. The van der Waals surface area contributed by atoms with Crippen molar-refractivity contribution in [1.29, 1.82) is 5.26 Å². The van der Waals surface area contributed by atoms with Gasteiger partial charge in [0.2, 0.25) is 11.9 Å². The van der Waals surface area contributed by atoms with E-state index in [1.807, 2.05) is 11.0 Å². The lowest BCUT2D eigenvalue weighted by molar-refractivity contribution is -0.154. The summed E-state index contributed by atoms with van der Waals surface area (Å²) < 4.78 is 27.9. The zero-order valence-electron chi connectivity index (χ0n) is 13.1. The van der Waals surface area contributed by atoms with E-state index in [0.29, 0.717) is 37.7 Å². The minimum absolute atomic E-state index is 0.0186. The lowest BCUT2D eigenvalue weighted by Gasteiger charge is -2.39. The van der Waals surface area contributed by atoms with Gasteiger partial charge in [0, 0.05) is 45.7 Å². The number of piperazine rings is 1. The Morgan fingerprint density at radius 3 is 2.54 bits per heavy atom. The van der Waals surface area contributed by atoms with Crippen LogP contribution in [0.4, 0.5) is 14.7 Å². The molecular weight excluding hydrogens is 318 g/mol. The molecule has 24 heavy (non-hydrogen) atoms. The van der Waals surface area contributed by atoms with Gasteiger partial charge in [0.15, 0.2) is 0 Å². The maximum absolute atomic E-state index is 13.9. The van der Waals surface area contributed by atoms with Gasteiger partial charge in [-0.25, -0.2) is 18.7 Å². The fourth-order valence-corrected chi connectivity index (χ4v) is 2.98. The summed E-state index contributed by atoms with van der Waals surface area (Å²) in [6, 6.07) is 1.95. The molecule has 0 spiro atoms. The molecule has 1 atom stereocenters. The summed E-state index contributed by atoms with van der Waals surface area (Å²) in [5.74, 6) is -4.25. The number of anilines is 1. The molecule has 3 heterocycles. The Hall–Kier alpha value is -2.34. The predicted molar refractivity (Wildman–Crippen MR) is 81.5 cm³/mol. The predicted octanol–water partition coefficient (Wildman–Crippen LogP) is 0.242. The fourth-order valence-electron chi connectivity index (χ4n) is 2.98. The number of nitriles is 1. The van der Waals surface area contributed by atoms with Gasteiger partial charge in [-0.2, -0.15) is 5.26 Å². The Morgan fingerprint density at radius 2 is 1.96 bits per heavy atom. The maximum atomic E-state index is 13.9. The maximum Gasteiger partial charge on any atom is 0.262 e. The van der Waals surface area contributed by atoms with E-state index in [0.717, 1.165) is 0 Å². The van der Waals surface area contributed by atoms with Crippen LogP contribution in [0.1, 0.15) is 12.0 Å². The van der Waals surface area contributed by atoms with Crippen LogP contribution in [0.5, 0.6) is 0 Å². The zero-order valence-corrected chi connectivity index (χ0v) is 13.1. The molecule has 0 aromatic carbocycles. The molecule has 2 saturated heterocycles. The average molecular weight is 336 g/mol. The molecule has 3 rings (SSSR count). The third-order valence-corrected chi connectivity index (χ3v) is 4.43. The van der Waals surface area contributed by atoms with Gasteiger partial charge in [-0.3, -0.25) is 4.79 Å². The number of hydrogen-bond acceptors (Lipinski definition) is 6. The normalized spacial score (nSPS) is 23.6. The van der Waals surface area contributed by atoms with Gasteiger partial charge in [-0.15, -0.1) is 0 Å². The number of carbonyl (C=O) groups excluding carboxylic acids is 1. The average Bonchev–Trinajstić information content (AvgIpc) is 2.61. The smallest absolute Gasteiger partial charge is 0.262 e. The van der Waals surface area contributed by atoms with Crippen LogP contribution in [0.15, 0.2) is 12.4 Å². The standard InChI is InChI=1S/C15H18F2N6O/c16-15(17)1-2-19-10-12(15)13(24)22-3-5-23(6-4-22)14-20-8-11(7-18)9-21-14/h8-9,12,19H,1-6,10H2. The van der Waals surface area contributed by atoms with Crippen molar-refractivity contribution in [2.24, 2.45) is 5.92 Å². The molecule has 0 aliphatic carbocycles. The van der Waals surface area contributed by atoms with Crippen molar-refractivity contribution in [2.45, 2.75) is 12.3 Å². The first-order chi connectivity index (χ1) is 11.5. The van der Waals surface area contributed by atoms with Crippen LogP contribution in [-0.2, 0) is 4.79 Å². The number of hydrogen-bond donors (Lipinski definition) is 1. The van der Waals surface area contributed by atoms with Gasteiger partial charge in [-0.1, -0.05) is 0 Å². The second-order valence-corrected chi connectivity index (χ2v) is 5.96. The molecule has 1 aromatic heterocycles. The number of carbonyl (C=O) groups is 1. The zero-order chi connectivity index (χ0) is 17.2. The molecule has 2 aliphatic rings. The molecule has 1 amide bonds. The van der Waals surface area contributed by atoms with Gasteiger partial charge < -0.3 is 15.1 Å². The summed E-state index contributed by atoms with van der Waals surface area (Å²) in [7, 11) is 0. The molecular formula is C15H18F2N6O. The number of aromatic nitrogens is 2. The summed E-state index contributed by atoms with van der Waals surface area (Å²) in [5, 5.41) is 11.6. The number of nitrogens with zero attached hydrogens (tertiary/aromatic N) is 5. The topological polar surface area (TPSA) is 85.2 Å². The minimum Gasteiger partial charge on any atom is -0.339 e. The van der Waals surface area contributed by atoms with Crippen LogP contribution >= 0.6 is 0 Å². The lowest BCUT2D eigenvalue weighted by Crippen LogP contribution is -2.57. The van der Waals surface area contributed by atoms with Crippen LogP contribution in [0.2, 0.25) is 0 Å². The van der Waals surface area contributed by atoms with E-state index in [-0.39, 0.29) is 19.5 Å². The quantitative estimate of drug-likeness (QED) is 0.833. The molecule has 7 nitrogen and oxygen atoms in total. The molecule has 128 valence electrons. The Kier molecular flexibility index (Phi) is 4.57. The number of nitrogens with one attached hydrogen (secondary N) is 1. The third-order valence-electron chi connectivity index (χ3n) is 4.43. The highest BCUT2D eigenvalue weighted by Gasteiger charge is 2.47. The Labute approximate surface area is 138 Å². The van der Waals surface area contributed by atoms with E-state index in [1.165, 1.54) is 17.3 Å². The first-order valence-corrected chi connectivity index (χ1v) is 7.86. The van der Waals surface area contributed by atoms with E-state index in [2.05, 4.69) is 15.3 Å². The van der Waals surface area contributed by atoms with E-state index in [4.69, 9.17) is 5.26 Å². The number of piperidine rings is 1. The first-order valence-electron chi connectivity index (χ1n) is 7.86. The van der Waals surface area contributed by atoms with Crippen molar-refractivity contribution >= 4 is 11.9 Å². The van der Waals surface area contributed by atoms with Gasteiger partial charge >= 0.3 is 0 Å². The summed E-state index contributed by atoms with van der Waals surface area (Å²) in [4.78, 5) is 24.0. The molecule has 1 unspecified atom stereocenters. The first kappa shape index (κ1) is 16.5. The van der Waals surface area contributed by atoms with Crippen molar-refractivity contribution in [3.63, 3.8) is 0 Å². The Balaban J connectivity index is 1.60. The SMILES string of the molecule is N#Cc1cnc(N2CCN(C(=O)C3CNCCC3(F)F)CC2)nc1. The highest BCUT2D eigenvalue weighted by atomic mass is 19.3. The number of rotatable bonds is 2. The lowest BCUT2D eigenvalue weighted by atomic mass is 9.93. The molecule has 1 aromatic rings. The highest BCUT2D eigenvalue weighted by Crippen LogP contribution is 2.32. The Bertz CT molecular complexity index is 636. The molecule has 2 fully saturated rings. The van der Waals surface area contributed by atoms with Crippen molar-refractivity contribution in [3.05, 3.63) is 18.0 Å². The second kappa shape index (κ2) is 6.65. The minimum atomic E-state index is -2.95. The van der Waals surface area contributed by atoms with Crippen molar-refractivity contribution < 1.29 is 13.6 Å². The van der Waals surface area contributed by atoms with Gasteiger partial charge in [0.25, 0.3) is 5.92 Å². The monoisotopic (exact) mass is 336 g/mol. The summed E-state index contributed by atoms with van der Waals surface area (Å²) in [6.07, 6.45) is 2.57. The number of halogens is 2. The van der Waals surface area contributed by atoms with E-state index in [1.54, 1.807) is 0 Å². The summed E-state index contributed by atoms with van der Waals surface area (Å²) in [5.41, 5.74) is 0.375. The van der Waals surface area contributed by atoms with Gasteiger partial charge in [0.1, 0.15) is 12.0 Å². The summed E-state index contributed by atoms with van der Waals surface area (Å²) in [6.45, 7) is 1.92. The number of alkyl halides is 2. The van der Waals surface area contributed by atoms with Gasteiger partial charge in [-0.05, 0) is 0 Å². The van der Waals surface area contributed by atoms with Crippen LogP contribution in [-0.4, -0.2) is 66.0 Å². The molecule has 9 heteroatoms. The van der Waals surface area contributed by atoms with Crippen molar-refractivity contribution in [3.8, 4) is 6.07 Å². The van der Waals surface area contributed by atoms with E-state index in [9.17, 15) is 13.6 Å². The third kappa shape index (κ3) is 3.28.